The van der Waals surface area contributed by atoms with Crippen LogP contribution in [0.1, 0.15) is 12.5 Å². The Hall–Kier alpha value is -1.19. The van der Waals surface area contributed by atoms with Gasteiger partial charge in [-0.3, -0.25) is 0 Å². The number of rotatable bonds is 5. The Kier molecular flexibility index (Phi) is 11.6. The summed E-state index contributed by atoms with van der Waals surface area (Å²) in [6, 6.07) is 7.93. The van der Waals surface area contributed by atoms with E-state index in [1.165, 1.54) is 0 Å². The summed E-state index contributed by atoms with van der Waals surface area (Å²) in [7, 11) is 3.38. The van der Waals surface area contributed by atoms with E-state index in [9.17, 15) is 0 Å². The van der Waals surface area contributed by atoms with Gasteiger partial charge in [-0.1, -0.05) is 12.1 Å². The molecular formula is C14H18CuN6S3. The standard InChI is InChI=1S/C14H20N6S3.Cu/c1-9(17-19-13(21)15-2)12(18-20-14(22)16-3)10-5-7-11(23-4)8-6-10;/h5-8H,1-4H3,(H2,15,19,21)(H2,16,20,22);/q;+2/p-2. The number of amidine groups is 2. The Morgan fingerprint density at radius 2 is 1.42 bits per heavy atom. The molecule has 0 atom stereocenters. The summed E-state index contributed by atoms with van der Waals surface area (Å²) in [6.07, 6.45) is 2.02. The Bertz CT molecular complexity index is 640. The van der Waals surface area contributed by atoms with Crippen LogP contribution in [0, 0.1) is 0 Å². The van der Waals surface area contributed by atoms with Crippen LogP contribution >= 0.6 is 11.8 Å². The summed E-state index contributed by atoms with van der Waals surface area (Å²) in [6.45, 7) is 1.79. The van der Waals surface area contributed by atoms with Crippen LogP contribution in [-0.2, 0) is 42.3 Å². The van der Waals surface area contributed by atoms with E-state index >= 15 is 0 Å². The third kappa shape index (κ3) is 7.59. The van der Waals surface area contributed by atoms with Crippen molar-refractivity contribution in [1.82, 2.24) is 10.6 Å². The molecule has 1 rings (SSSR count). The molecule has 0 aromatic heterocycles. The first-order chi connectivity index (χ1) is 11.0. The number of benzene rings is 1. The van der Waals surface area contributed by atoms with Gasteiger partial charge in [0.15, 0.2) is 0 Å². The van der Waals surface area contributed by atoms with E-state index in [0.29, 0.717) is 21.8 Å². The van der Waals surface area contributed by atoms with Gasteiger partial charge in [0.25, 0.3) is 0 Å². The first kappa shape index (κ1) is 22.8. The number of hydrogen-bond acceptors (Lipinski definition) is 7. The van der Waals surface area contributed by atoms with Crippen LogP contribution in [0.25, 0.3) is 0 Å². The Balaban J connectivity index is 0.00000529. The van der Waals surface area contributed by atoms with Crippen LogP contribution in [-0.4, -0.2) is 42.1 Å². The molecule has 133 valence electrons. The molecule has 0 saturated carbocycles. The summed E-state index contributed by atoms with van der Waals surface area (Å²) in [5, 5.41) is 22.2. The van der Waals surface area contributed by atoms with Crippen molar-refractivity contribution in [2.75, 3.05) is 20.4 Å². The molecule has 0 heterocycles. The first-order valence-electron chi connectivity index (χ1n) is 6.64. The normalized spacial score (nSPS) is 13.3. The summed E-state index contributed by atoms with van der Waals surface area (Å²) in [5.74, 6) is 0. The maximum Gasteiger partial charge on any atom is 2.00 e. The zero-order chi connectivity index (χ0) is 17.2. The van der Waals surface area contributed by atoms with Crippen molar-refractivity contribution in [3.63, 3.8) is 0 Å². The molecule has 2 N–H and O–H groups in total. The van der Waals surface area contributed by atoms with Crippen molar-refractivity contribution in [1.29, 1.82) is 0 Å². The van der Waals surface area contributed by atoms with Crippen LogP contribution in [0.3, 0.4) is 0 Å². The van der Waals surface area contributed by atoms with E-state index in [2.05, 4.69) is 31.0 Å². The van der Waals surface area contributed by atoms with Gasteiger partial charge in [0.2, 0.25) is 0 Å². The maximum absolute atomic E-state index is 4.99. The molecule has 0 bridgehead atoms. The fourth-order valence-corrected chi connectivity index (χ4v) is 1.94. The van der Waals surface area contributed by atoms with Crippen LogP contribution in [0.4, 0.5) is 0 Å². The van der Waals surface area contributed by atoms with Gasteiger partial charge < -0.3 is 35.9 Å². The molecular weight excluding hydrogens is 412 g/mol. The van der Waals surface area contributed by atoms with Crippen LogP contribution in [0.5, 0.6) is 0 Å². The minimum Gasteiger partial charge on any atom is -0.741 e. The fourth-order valence-electron chi connectivity index (χ4n) is 1.45. The summed E-state index contributed by atoms with van der Waals surface area (Å²) >= 11 is 11.6. The van der Waals surface area contributed by atoms with Crippen molar-refractivity contribution in [3.05, 3.63) is 29.8 Å². The summed E-state index contributed by atoms with van der Waals surface area (Å²) < 4.78 is 0. The van der Waals surface area contributed by atoms with Crippen LogP contribution < -0.4 is 10.6 Å². The molecule has 10 heteroatoms. The Labute approximate surface area is 168 Å². The molecule has 0 unspecified atom stereocenters. The average molecular weight is 430 g/mol. The van der Waals surface area contributed by atoms with E-state index < -0.39 is 0 Å². The van der Waals surface area contributed by atoms with E-state index in [1.54, 1.807) is 32.8 Å². The van der Waals surface area contributed by atoms with Crippen molar-refractivity contribution in [3.8, 4) is 0 Å². The van der Waals surface area contributed by atoms with Crippen molar-refractivity contribution in [2.24, 2.45) is 20.4 Å². The molecule has 6 nitrogen and oxygen atoms in total. The van der Waals surface area contributed by atoms with E-state index in [1.807, 2.05) is 30.5 Å². The molecule has 0 amide bonds. The van der Waals surface area contributed by atoms with Crippen molar-refractivity contribution in [2.45, 2.75) is 11.8 Å². The average Bonchev–Trinajstić information content (AvgIpc) is 2.59. The van der Waals surface area contributed by atoms with Crippen molar-refractivity contribution < 1.29 is 17.1 Å². The number of hydrogen-bond donors (Lipinski definition) is 2. The second kappa shape index (κ2) is 12.2. The quantitative estimate of drug-likeness (QED) is 0.186. The molecule has 1 radical (unpaired) electrons. The predicted octanol–water partition coefficient (Wildman–Crippen LogP) is 1.73. The molecule has 24 heavy (non-hydrogen) atoms. The second-order valence-corrected chi connectivity index (χ2v) is 5.83. The van der Waals surface area contributed by atoms with Gasteiger partial charge in [-0.15, -0.1) is 16.9 Å². The molecule has 0 aliphatic heterocycles. The Morgan fingerprint density at radius 3 is 1.88 bits per heavy atom. The largest absolute Gasteiger partial charge is 2.00 e. The van der Waals surface area contributed by atoms with Gasteiger partial charge in [0.05, 0.1) is 5.71 Å². The second-order valence-electron chi connectivity index (χ2n) is 4.17. The minimum absolute atomic E-state index is 0. The third-order valence-corrected chi connectivity index (χ3v) is 3.98. The maximum atomic E-state index is 4.99. The smallest absolute Gasteiger partial charge is 0.741 e. The Morgan fingerprint density at radius 1 is 0.917 bits per heavy atom. The zero-order valence-corrected chi connectivity index (χ0v) is 17.0. The van der Waals surface area contributed by atoms with Gasteiger partial charge in [-0.2, -0.15) is 15.3 Å². The third-order valence-electron chi connectivity index (χ3n) is 2.67. The van der Waals surface area contributed by atoms with Gasteiger partial charge in [0, 0.05) is 24.6 Å². The topological polar surface area (TPSA) is 73.5 Å². The first-order valence-corrected chi connectivity index (χ1v) is 8.68. The van der Waals surface area contributed by atoms with Gasteiger partial charge in [0.1, 0.15) is 5.71 Å². The molecule has 0 fully saturated rings. The number of nitrogens with one attached hydrogen (secondary N) is 2. The predicted molar refractivity (Wildman–Crippen MR) is 106 cm³/mol. The zero-order valence-electron chi connectivity index (χ0n) is 13.6. The van der Waals surface area contributed by atoms with Crippen LogP contribution in [0.2, 0.25) is 0 Å². The SMILES string of the molecule is CNC([S-])=NN=C(C)C(=NN=C([S-])NC)c1ccc(SC)cc1.[Cu+2]. The monoisotopic (exact) mass is 429 g/mol. The van der Waals surface area contributed by atoms with Gasteiger partial charge >= 0.3 is 17.1 Å². The van der Waals surface area contributed by atoms with E-state index in [-0.39, 0.29) is 17.1 Å². The molecule has 0 saturated heterocycles. The fraction of sp³-hybridized carbons (Fsp3) is 0.286. The summed E-state index contributed by atoms with van der Waals surface area (Å²) in [5.41, 5.74) is 2.04. The number of nitrogens with zero attached hydrogens (tertiary/aromatic N) is 4. The van der Waals surface area contributed by atoms with E-state index in [0.717, 1.165) is 10.5 Å². The number of thioether (sulfide) groups is 1. The summed E-state index contributed by atoms with van der Waals surface area (Å²) in [4.78, 5) is 1.16. The van der Waals surface area contributed by atoms with Crippen molar-refractivity contribution >= 4 is 58.8 Å². The molecule has 0 aliphatic rings. The van der Waals surface area contributed by atoms with Crippen LogP contribution in [0.15, 0.2) is 49.6 Å². The minimum atomic E-state index is 0. The molecule has 0 aliphatic carbocycles. The molecule has 1 aromatic rings. The molecule has 1 aromatic carbocycles. The van der Waals surface area contributed by atoms with E-state index in [4.69, 9.17) is 25.3 Å². The van der Waals surface area contributed by atoms with Gasteiger partial charge in [-0.25, -0.2) is 0 Å². The van der Waals surface area contributed by atoms with Gasteiger partial charge in [-0.05, 0) is 35.6 Å². The molecule has 0 spiro atoms.